The Hall–Kier alpha value is -2.30. The van der Waals surface area contributed by atoms with E-state index in [2.05, 4.69) is 0 Å². The number of ether oxygens (including phenoxy) is 1. The number of nitro groups is 1. The van der Waals surface area contributed by atoms with E-state index in [0.29, 0.717) is 5.75 Å². The summed E-state index contributed by atoms with van der Waals surface area (Å²) in [4.78, 5) is 9.78. The molecule has 2 heterocycles. The molecule has 0 bridgehead atoms. The number of aromatic nitrogens is 1. The van der Waals surface area contributed by atoms with Crippen LogP contribution >= 0.6 is 0 Å². The number of fused-ring (bicyclic) bond motifs is 1. The van der Waals surface area contributed by atoms with Crippen LogP contribution in [0, 0.1) is 10.1 Å². The lowest BCUT2D eigenvalue weighted by Gasteiger charge is -2.03. The van der Waals surface area contributed by atoms with Crippen molar-refractivity contribution < 1.29 is 9.66 Å². The number of rotatable bonds is 3. The third kappa shape index (κ3) is 1.75. The highest BCUT2D eigenvalue weighted by Crippen LogP contribution is 2.24. The summed E-state index contributed by atoms with van der Waals surface area (Å²) in [5.41, 5.74) is 1.58. The van der Waals surface area contributed by atoms with Crippen molar-refractivity contribution in [3.63, 3.8) is 0 Å². The lowest BCUT2D eigenvalue weighted by molar-refractivity contribution is -0.400. The van der Waals surface area contributed by atoms with Crippen LogP contribution in [0.2, 0.25) is 0 Å². The van der Waals surface area contributed by atoms with Gasteiger partial charge in [0.05, 0.1) is 17.5 Å². The van der Waals surface area contributed by atoms with Gasteiger partial charge in [0.2, 0.25) is 6.20 Å². The molecular formula is C11H10N2O3. The molecule has 0 atom stereocenters. The molecule has 0 saturated carbocycles. The fourth-order valence-corrected chi connectivity index (χ4v) is 1.60. The molecule has 2 rings (SSSR count). The predicted octanol–water partition coefficient (Wildman–Crippen LogP) is 2.20. The molecule has 2 aromatic rings. The SMILES string of the molecule is COc1cccn2ccc(/C=C/[N+](=O)[O-])c12. The second kappa shape index (κ2) is 4.06. The molecule has 0 radical (unpaired) electrons. The van der Waals surface area contributed by atoms with Crippen LogP contribution in [0.25, 0.3) is 11.6 Å². The molecule has 0 N–H and O–H groups in total. The van der Waals surface area contributed by atoms with Gasteiger partial charge in [0.25, 0.3) is 0 Å². The highest BCUT2D eigenvalue weighted by molar-refractivity contribution is 5.75. The van der Waals surface area contributed by atoms with Crippen molar-refractivity contribution in [2.75, 3.05) is 7.11 Å². The van der Waals surface area contributed by atoms with E-state index in [9.17, 15) is 10.1 Å². The van der Waals surface area contributed by atoms with Gasteiger partial charge in [-0.2, -0.15) is 0 Å². The van der Waals surface area contributed by atoms with Crippen LogP contribution in [0.3, 0.4) is 0 Å². The van der Waals surface area contributed by atoms with Crippen LogP contribution in [0.4, 0.5) is 0 Å². The summed E-state index contributed by atoms with van der Waals surface area (Å²) in [6.45, 7) is 0. The first-order valence-electron chi connectivity index (χ1n) is 4.68. The molecule has 0 aliphatic rings. The molecule has 82 valence electrons. The van der Waals surface area contributed by atoms with E-state index >= 15 is 0 Å². The van der Waals surface area contributed by atoms with Gasteiger partial charge in [0.15, 0.2) is 0 Å². The van der Waals surface area contributed by atoms with Crippen molar-refractivity contribution >= 4 is 11.6 Å². The Kier molecular flexibility index (Phi) is 2.59. The monoisotopic (exact) mass is 218 g/mol. The molecule has 16 heavy (non-hydrogen) atoms. The molecule has 0 amide bonds. The normalized spacial score (nSPS) is 11.1. The molecule has 5 heteroatoms. The third-order valence-electron chi connectivity index (χ3n) is 2.27. The Bertz CT molecular complexity index is 557. The number of nitrogens with zero attached hydrogens (tertiary/aromatic N) is 2. The van der Waals surface area contributed by atoms with Crippen molar-refractivity contribution in [1.29, 1.82) is 0 Å². The van der Waals surface area contributed by atoms with E-state index in [1.807, 2.05) is 28.9 Å². The minimum Gasteiger partial charge on any atom is -0.495 e. The second-order valence-corrected chi connectivity index (χ2v) is 3.20. The Labute approximate surface area is 91.7 Å². The lowest BCUT2D eigenvalue weighted by Crippen LogP contribution is -1.89. The summed E-state index contributed by atoms with van der Waals surface area (Å²) >= 11 is 0. The summed E-state index contributed by atoms with van der Waals surface area (Å²) < 4.78 is 7.07. The third-order valence-corrected chi connectivity index (χ3v) is 2.27. The zero-order chi connectivity index (χ0) is 11.5. The molecule has 0 saturated heterocycles. The fourth-order valence-electron chi connectivity index (χ4n) is 1.60. The van der Waals surface area contributed by atoms with E-state index in [4.69, 9.17) is 4.74 Å². The van der Waals surface area contributed by atoms with Crippen LogP contribution < -0.4 is 4.74 Å². The lowest BCUT2D eigenvalue weighted by atomic mass is 10.2. The zero-order valence-electron chi connectivity index (χ0n) is 8.66. The number of pyridine rings is 1. The van der Waals surface area contributed by atoms with E-state index in [1.54, 1.807) is 13.2 Å². The van der Waals surface area contributed by atoms with Crippen LogP contribution in [0.5, 0.6) is 5.75 Å². The standard InChI is InChI=1S/C11H10N2O3/c1-16-10-3-2-6-12-7-4-9(11(10)12)5-8-13(14)15/h2-8H,1H3/b8-5+. The predicted molar refractivity (Wildman–Crippen MR) is 60.0 cm³/mol. The maximum Gasteiger partial charge on any atom is 0.235 e. The molecule has 0 fully saturated rings. The molecule has 5 nitrogen and oxygen atoms in total. The Morgan fingerprint density at radius 3 is 2.94 bits per heavy atom. The number of hydrogen-bond donors (Lipinski definition) is 0. The first kappa shape index (κ1) is 10.2. The van der Waals surface area contributed by atoms with Gasteiger partial charge in [-0.05, 0) is 18.2 Å². The van der Waals surface area contributed by atoms with Gasteiger partial charge < -0.3 is 9.14 Å². The minimum absolute atomic E-state index is 0.487. The van der Waals surface area contributed by atoms with E-state index < -0.39 is 4.92 Å². The van der Waals surface area contributed by atoms with E-state index in [-0.39, 0.29) is 0 Å². The van der Waals surface area contributed by atoms with Gasteiger partial charge in [-0.25, -0.2) is 0 Å². The summed E-state index contributed by atoms with van der Waals surface area (Å²) in [6.07, 6.45) is 6.07. The molecule has 0 aromatic carbocycles. The quantitative estimate of drug-likeness (QED) is 0.586. The molecule has 0 unspecified atom stereocenters. The van der Waals surface area contributed by atoms with Crippen molar-refractivity contribution in [2.45, 2.75) is 0 Å². The Morgan fingerprint density at radius 2 is 2.25 bits per heavy atom. The average Bonchev–Trinajstić information content (AvgIpc) is 2.69. The molecule has 0 aliphatic carbocycles. The summed E-state index contributed by atoms with van der Waals surface area (Å²) in [5, 5.41) is 10.3. The maximum absolute atomic E-state index is 10.3. The van der Waals surface area contributed by atoms with Crippen molar-refractivity contribution in [3.05, 3.63) is 52.5 Å². The smallest absolute Gasteiger partial charge is 0.235 e. The van der Waals surface area contributed by atoms with E-state index in [1.165, 1.54) is 6.08 Å². The van der Waals surface area contributed by atoms with Crippen LogP contribution in [0.15, 0.2) is 36.8 Å². The largest absolute Gasteiger partial charge is 0.495 e. The van der Waals surface area contributed by atoms with Gasteiger partial charge in [0, 0.05) is 24.0 Å². The van der Waals surface area contributed by atoms with Gasteiger partial charge in [-0.3, -0.25) is 10.1 Å². The first-order valence-corrected chi connectivity index (χ1v) is 4.68. The first-order chi connectivity index (χ1) is 7.72. The summed E-state index contributed by atoms with van der Waals surface area (Å²) in [5.74, 6) is 0.690. The molecular weight excluding hydrogens is 208 g/mol. The Morgan fingerprint density at radius 1 is 1.44 bits per heavy atom. The maximum atomic E-state index is 10.3. The van der Waals surface area contributed by atoms with Crippen LogP contribution in [-0.2, 0) is 0 Å². The van der Waals surface area contributed by atoms with Gasteiger partial charge in [-0.1, -0.05) is 0 Å². The molecule has 0 spiro atoms. The summed E-state index contributed by atoms with van der Waals surface area (Å²) in [6, 6.07) is 5.48. The number of hydrogen-bond acceptors (Lipinski definition) is 3. The number of methoxy groups -OCH3 is 1. The van der Waals surface area contributed by atoms with Gasteiger partial charge in [0.1, 0.15) is 5.75 Å². The van der Waals surface area contributed by atoms with Crippen LogP contribution in [-0.4, -0.2) is 16.4 Å². The minimum atomic E-state index is -0.487. The highest BCUT2D eigenvalue weighted by Gasteiger charge is 2.06. The van der Waals surface area contributed by atoms with Gasteiger partial charge >= 0.3 is 0 Å². The zero-order valence-corrected chi connectivity index (χ0v) is 8.66. The van der Waals surface area contributed by atoms with Crippen molar-refractivity contribution in [1.82, 2.24) is 4.40 Å². The van der Waals surface area contributed by atoms with E-state index in [0.717, 1.165) is 17.3 Å². The van der Waals surface area contributed by atoms with Crippen LogP contribution in [0.1, 0.15) is 5.56 Å². The topological polar surface area (TPSA) is 56.8 Å². The van der Waals surface area contributed by atoms with Crippen molar-refractivity contribution in [2.24, 2.45) is 0 Å². The second-order valence-electron chi connectivity index (χ2n) is 3.20. The Balaban J connectivity index is 2.58. The van der Waals surface area contributed by atoms with Gasteiger partial charge in [-0.15, -0.1) is 0 Å². The highest BCUT2D eigenvalue weighted by atomic mass is 16.6. The van der Waals surface area contributed by atoms with Crippen molar-refractivity contribution in [3.8, 4) is 5.75 Å². The average molecular weight is 218 g/mol. The molecule has 0 aliphatic heterocycles. The molecule has 2 aromatic heterocycles. The summed E-state index contributed by atoms with van der Waals surface area (Å²) in [7, 11) is 1.57. The fraction of sp³-hybridized carbons (Fsp3) is 0.0909.